The van der Waals surface area contributed by atoms with E-state index in [1.807, 2.05) is 49.9 Å². The van der Waals surface area contributed by atoms with E-state index in [9.17, 15) is 10.1 Å². The first-order valence-electron chi connectivity index (χ1n) is 7.36. The summed E-state index contributed by atoms with van der Waals surface area (Å²) in [5.74, 6) is 0.310. The van der Waals surface area contributed by atoms with Crippen LogP contribution in [0.1, 0.15) is 19.4 Å². The molecule has 23 heavy (non-hydrogen) atoms. The van der Waals surface area contributed by atoms with Crippen molar-refractivity contribution in [2.75, 3.05) is 29.0 Å². The summed E-state index contributed by atoms with van der Waals surface area (Å²) in [6.07, 6.45) is 0. The number of hydrogen-bond donors (Lipinski definition) is 2. The van der Waals surface area contributed by atoms with Gasteiger partial charge in [0.05, 0.1) is 4.92 Å². The normalized spacial score (nSPS) is 10.4. The standard InChI is InChI=1S/C15H20N6O2/c1-4-20(5-2)15-18-13(16)12(21(22)23)14(19-15)17-11-8-6-7-10(3)9-11/h6-9H,4-5H2,1-3H3,(H3,16,17,18,19). The number of nitro groups is 1. The second-order valence-electron chi connectivity index (χ2n) is 5.03. The van der Waals surface area contributed by atoms with Gasteiger partial charge in [-0.05, 0) is 38.5 Å². The van der Waals surface area contributed by atoms with Crippen LogP contribution in [0.2, 0.25) is 0 Å². The molecule has 0 aliphatic rings. The van der Waals surface area contributed by atoms with Crippen LogP contribution in [0.4, 0.5) is 29.0 Å². The molecule has 2 aromatic rings. The molecule has 0 aliphatic carbocycles. The third-order valence-electron chi connectivity index (χ3n) is 3.41. The van der Waals surface area contributed by atoms with Crippen LogP contribution < -0.4 is 16.0 Å². The monoisotopic (exact) mass is 316 g/mol. The van der Waals surface area contributed by atoms with E-state index in [2.05, 4.69) is 15.3 Å². The molecule has 8 heteroatoms. The van der Waals surface area contributed by atoms with Crippen molar-refractivity contribution >= 4 is 29.0 Å². The summed E-state index contributed by atoms with van der Waals surface area (Å²) in [6, 6.07) is 7.49. The van der Waals surface area contributed by atoms with Crippen LogP contribution in [0.25, 0.3) is 0 Å². The number of nitrogens with one attached hydrogen (secondary N) is 1. The lowest BCUT2D eigenvalue weighted by molar-refractivity contribution is -0.383. The molecule has 0 aliphatic heterocycles. The molecule has 122 valence electrons. The Balaban J connectivity index is 2.51. The van der Waals surface area contributed by atoms with Crippen LogP contribution in [0.15, 0.2) is 24.3 Å². The zero-order valence-corrected chi connectivity index (χ0v) is 13.4. The molecule has 0 saturated heterocycles. The molecular weight excluding hydrogens is 296 g/mol. The highest BCUT2D eigenvalue weighted by molar-refractivity contribution is 5.74. The van der Waals surface area contributed by atoms with Gasteiger partial charge in [-0.1, -0.05) is 12.1 Å². The first kappa shape index (κ1) is 16.5. The van der Waals surface area contributed by atoms with Crippen molar-refractivity contribution in [2.45, 2.75) is 20.8 Å². The summed E-state index contributed by atoms with van der Waals surface area (Å²) in [7, 11) is 0. The van der Waals surface area contributed by atoms with Crippen LogP contribution in [-0.2, 0) is 0 Å². The van der Waals surface area contributed by atoms with Crippen molar-refractivity contribution < 1.29 is 4.92 Å². The minimum absolute atomic E-state index is 0.0926. The minimum atomic E-state index is -0.570. The van der Waals surface area contributed by atoms with Crippen molar-refractivity contribution in [1.82, 2.24) is 9.97 Å². The Labute approximate surface area is 134 Å². The van der Waals surface area contributed by atoms with E-state index < -0.39 is 4.92 Å². The van der Waals surface area contributed by atoms with Crippen molar-refractivity contribution in [3.8, 4) is 0 Å². The molecule has 0 amide bonds. The molecular formula is C15H20N6O2. The summed E-state index contributed by atoms with van der Waals surface area (Å²) in [6.45, 7) is 7.21. The molecule has 1 aromatic heterocycles. The number of nitrogens with zero attached hydrogens (tertiary/aromatic N) is 4. The minimum Gasteiger partial charge on any atom is -0.378 e. The van der Waals surface area contributed by atoms with E-state index in [1.54, 1.807) is 0 Å². The maximum absolute atomic E-state index is 11.3. The van der Waals surface area contributed by atoms with E-state index in [1.165, 1.54) is 0 Å². The van der Waals surface area contributed by atoms with Gasteiger partial charge in [0.25, 0.3) is 0 Å². The highest BCUT2D eigenvalue weighted by Crippen LogP contribution is 2.32. The van der Waals surface area contributed by atoms with E-state index in [-0.39, 0.29) is 17.3 Å². The lowest BCUT2D eigenvalue weighted by atomic mass is 10.2. The van der Waals surface area contributed by atoms with Gasteiger partial charge in [0.1, 0.15) is 0 Å². The van der Waals surface area contributed by atoms with Gasteiger partial charge < -0.3 is 16.0 Å². The van der Waals surface area contributed by atoms with Crippen LogP contribution in [0.5, 0.6) is 0 Å². The Hall–Kier alpha value is -2.90. The van der Waals surface area contributed by atoms with Crippen LogP contribution in [-0.4, -0.2) is 28.0 Å². The Kier molecular flexibility index (Phi) is 4.95. The molecule has 3 N–H and O–H groups in total. The third-order valence-corrected chi connectivity index (χ3v) is 3.41. The molecule has 0 unspecified atom stereocenters. The van der Waals surface area contributed by atoms with Gasteiger partial charge in [-0.15, -0.1) is 0 Å². The average Bonchev–Trinajstić information content (AvgIpc) is 2.47. The van der Waals surface area contributed by atoms with Crippen LogP contribution in [0.3, 0.4) is 0 Å². The second kappa shape index (κ2) is 6.91. The quantitative estimate of drug-likeness (QED) is 0.622. The fourth-order valence-electron chi connectivity index (χ4n) is 2.23. The highest BCUT2D eigenvalue weighted by atomic mass is 16.6. The van der Waals surface area contributed by atoms with E-state index in [0.717, 1.165) is 5.56 Å². The Morgan fingerprint density at radius 3 is 2.57 bits per heavy atom. The van der Waals surface area contributed by atoms with Gasteiger partial charge in [0.2, 0.25) is 17.6 Å². The van der Waals surface area contributed by atoms with E-state index in [0.29, 0.717) is 24.7 Å². The number of aromatic nitrogens is 2. The maximum Gasteiger partial charge on any atom is 0.353 e. The summed E-state index contributed by atoms with van der Waals surface area (Å²) in [5, 5.41) is 14.3. The van der Waals surface area contributed by atoms with Crippen molar-refractivity contribution in [3.63, 3.8) is 0 Å². The largest absolute Gasteiger partial charge is 0.378 e. The smallest absolute Gasteiger partial charge is 0.353 e. The molecule has 0 saturated carbocycles. The third kappa shape index (κ3) is 3.65. The Morgan fingerprint density at radius 1 is 1.30 bits per heavy atom. The molecule has 0 spiro atoms. The Bertz CT molecular complexity index is 715. The topological polar surface area (TPSA) is 110 Å². The molecule has 0 fully saturated rings. The predicted octanol–water partition coefficient (Wildman–Crippen LogP) is 2.87. The predicted molar refractivity (Wildman–Crippen MR) is 91.1 cm³/mol. The molecule has 0 atom stereocenters. The van der Waals surface area contributed by atoms with Gasteiger partial charge in [-0.2, -0.15) is 9.97 Å². The van der Waals surface area contributed by atoms with Gasteiger partial charge >= 0.3 is 5.69 Å². The van der Waals surface area contributed by atoms with Gasteiger partial charge in [0, 0.05) is 18.8 Å². The molecule has 1 aromatic carbocycles. The fourth-order valence-corrected chi connectivity index (χ4v) is 2.23. The fraction of sp³-hybridized carbons (Fsp3) is 0.333. The first-order chi connectivity index (χ1) is 11.0. The summed E-state index contributed by atoms with van der Waals surface area (Å²) >= 11 is 0. The number of aryl methyl sites for hydroxylation is 1. The molecule has 1 heterocycles. The van der Waals surface area contributed by atoms with Gasteiger partial charge in [0.15, 0.2) is 0 Å². The molecule has 0 bridgehead atoms. The number of nitrogens with two attached hydrogens (primary N) is 1. The number of benzene rings is 1. The van der Waals surface area contributed by atoms with Crippen molar-refractivity contribution in [3.05, 3.63) is 39.9 Å². The summed E-state index contributed by atoms with van der Waals surface area (Å²) in [5.41, 5.74) is 7.21. The SMILES string of the molecule is CCN(CC)c1nc(N)c([N+](=O)[O-])c(Nc2cccc(C)c2)n1. The van der Waals surface area contributed by atoms with E-state index in [4.69, 9.17) is 5.73 Å². The lowest BCUT2D eigenvalue weighted by Gasteiger charge is -2.19. The molecule has 8 nitrogen and oxygen atoms in total. The average molecular weight is 316 g/mol. The van der Waals surface area contributed by atoms with Crippen LogP contribution in [0, 0.1) is 17.0 Å². The van der Waals surface area contributed by atoms with Crippen LogP contribution >= 0.6 is 0 Å². The van der Waals surface area contributed by atoms with Crippen molar-refractivity contribution in [1.29, 1.82) is 0 Å². The second-order valence-corrected chi connectivity index (χ2v) is 5.03. The molecule has 0 radical (unpaired) electrons. The number of hydrogen-bond acceptors (Lipinski definition) is 7. The number of anilines is 4. The summed E-state index contributed by atoms with van der Waals surface area (Å²) in [4.78, 5) is 21.0. The van der Waals surface area contributed by atoms with Crippen molar-refractivity contribution in [2.24, 2.45) is 0 Å². The zero-order valence-electron chi connectivity index (χ0n) is 13.4. The Morgan fingerprint density at radius 2 is 2.00 bits per heavy atom. The maximum atomic E-state index is 11.3. The molecule has 2 rings (SSSR count). The first-order valence-corrected chi connectivity index (χ1v) is 7.36. The van der Waals surface area contributed by atoms with Gasteiger partial charge in [-0.25, -0.2) is 0 Å². The van der Waals surface area contributed by atoms with E-state index >= 15 is 0 Å². The number of nitrogen functional groups attached to an aromatic ring is 1. The zero-order chi connectivity index (χ0) is 17.0. The summed E-state index contributed by atoms with van der Waals surface area (Å²) < 4.78 is 0. The lowest BCUT2D eigenvalue weighted by Crippen LogP contribution is -2.25. The highest BCUT2D eigenvalue weighted by Gasteiger charge is 2.24. The van der Waals surface area contributed by atoms with Gasteiger partial charge in [-0.3, -0.25) is 10.1 Å². The number of rotatable bonds is 6.